The molecule has 0 aliphatic heterocycles. The molecule has 122 valence electrons. The average Bonchev–Trinajstić information content (AvgIpc) is 2.61. The van der Waals surface area contributed by atoms with Crippen LogP contribution in [0, 0.1) is 6.92 Å². The number of rotatable bonds is 4. The molecule has 0 saturated carbocycles. The van der Waals surface area contributed by atoms with Crippen LogP contribution >= 0.6 is 0 Å². The Kier molecular flexibility index (Phi) is 4.47. The highest BCUT2D eigenvalue weighted by atomic mass is 16.5. The van der Waals surface area contributed by atoms with E-state index in [0.29, 0.717) is 11.3 Å². The number of aryl methyl sites for hydroxylation is 1. The van der Waals surface area contributed by atoms with Crippen molar-refractivity contribution in [2.75, 3.05) is 7.11 Å². The van der Waals surface area contributed by atoms with E-state index in [0.717, 1.165) is 22.2 Å². The number of nitrogens with one attached hydrogen (secondary N) is 1. The largest absolute Gasteiger partial charge is 0.497 e. The zero-order valence-electron chi connectivity index (χ0n) is 14.0. The number of aromatic nitrogens is 1. The highest BCUT2D eigenvalue weighted by molar-refractivity contribution is 5.99. The Bertz CT molecular complexity index is 875. The van der Waals surface area contributed by atoms with E-state index in [2.05, 4.69) is 10.3 Å². The number of benzene rings is 2. The zero-order valence-corrected chi connectivity index (χ0v) is 14.0. The monoisotopic (exact) mass is 320 g/mol. The van der Waals surface area contributed by atoms with Gasteiger partial charge in [-0.05, 0) is 43.7 Å². The van der Waals surface area contributed by atoms with Crippen molar-refractivity contribution < 1.29 is 9.53 Å². The van der Waals surface area contributed by atoms with Crippen molar-refractivity contribution in [2.24, 2.45) is 0 Å². The van der Waals surface area contributed by atoms with Crippen molar-refractivity contribution in [3.8, 4) is 5.75 Å². The predicted octanol–water partition coefficient (Wildman–Crippen LogP) is 4.04. The summed E-state index contributed by atoms with van der Waals surface area (Å²) in [6, 6.07) is 17.3. The molecule has 3 rings (SSSR count). The molecule has 2 aromatic carbocycles. The summed E-state index contributed by atoms with van der Waals surface area (Å²) in [5.74, 6) is 0.623. The van der Waals surface area contributed by atoms with E-state index in [1.807, 2.05) is 68.4 Å². The van der Waals surface area contributed by atoms with Gasteiger partial charge in [0.2, 0.25) is 0 Å². The second-order valence-corrected chi connectivity index (χ2v) is 5.79. The zero-order chi connectivity index (χ0) is 17.1. The minimum Gasteiger partial charge on any atom is -0.497 e. The van der Waals surface area contributed by atoms with Gasteiger partial charge < -0.3 is 10.1 Å². The molecule has 0 aliphatic carbocycles. The lowest BCUT2D eigenvalue weighted by Crippen LogP contribution is -2.27. The van der Waals surface area contributed by atoms with E-state index in [1.54, 1.807) is 7.11 Å². The summed E-state index contributed by atoms with van der Waals surface area (Å²) in [5.41, 5.74) is 3.21. The highest BCUT2D eigenvalue weighted by Gasteiger charge is 2.15. The molecule has 0 unspecified atom stereocenters. The van der Waals surface area contributed by atoms with Crippen LogP contribution in [0.3, 0.4) is 0 Å². The van der Waals surface area contributed by atoms with Crippen LogP contribution < -0.4 is 10.1 Å². The third-order valence-corrected chi connectivity index (χ3v) is 4.10. The fourth-order valence-electron chi connectivity index (χ4n) is 2.71. The molecule has 0 bridgehead atoms. The first-order valence-corrected chi connectivity index (χ1v) is 7.89. The normalized spacial score (nSPS) is 12.0. The minimum absolute atomic E-state index is 0.0703. The quantitative estimate of drug-likeness (QED) is 0.789. The van der Waals surface area contributed by atoms with Crippen LogP contribution in [0.1, 0.15) is 34.6 Å². The molecule has 1 atom stereocenters. The van der Waals surface area contributed by atoms with Gasteiger partial charge in [-0.3, -0.25) is 9.78 Å². The van der Waals surface area contributed by atoms with Crippen LogP contribution in [0.2, 0.25) is 0 Å². The summed E-state index contributed by atoms with van der Waals surface area (Å²) in [7, 11) is 1.62. The Balaban J connectivity index is 1.90. The first-order chi connectivity index (χ1) is 11.6. The molecule has 0 saturated heterocycles. The van der Waals surface area contributed by atoms with Gasteiger partial charge in [0.1, 0.15) is 5.75 Å². The predicted molar refractivity (Wildman–Crippen MR) is 95.4 cm³/mol. The van der Waals surface area contributed by atoms with Crippen molar-refractivity contribution >= 4 is 16.8 Å². The van der Waals surface area contributed by atoms with Gasteiger partial charge in [-0.25, -0.2) is 0 Å². The number of nitrogens with zero attached hydrogens (tertiary/aromatic N) is 1. The fourth-order valence-corrected chi connectivity index (χ4v) is 2.71. The van der Waals surface area contributed by atoms with Gasteiger partial charge in [-0.15, -0.1) is 0 Å². The molecule has 1 amide bonds. The average molecular weight is 320 g/mol. The molecule has 1 heterocycles. The fraction of sp³-hybridized carbons (Fsp3) is 0.200. The Morgan fingerprint density at radius 1 is 1.12 bits per heavy atom. The van der Waals surface area contributed by atoms with E-state index in [4.69, 9.17) is 4.74 Å². The molecule has 4 nitrogen and oxygen atoms in total. The van der Waals surface area contributed by atoms with Gasteiger partial charge >= 0.3 is 0 Å². The Morgan fingerprint density at radius 2 is 1.88 bits per heavy atom. The number of carbonyl (C=O) groups excluding carboxylic acids is 1. The summed E-state index contributed by atoms with van der Waals surface area (Å²) in [4.78, 5) is 17.2. The Hall–Kier alpha value is -2.88. The van der Waals surface area contributed by atoms with Crippen molar-refractivity contribution in [1.82, 2.24) is 10.3 Å². The molecule has 0 spiro atoms. The van der Waals surface area contributed by atoms with Crippen molar-refractivity contribution in [3.05, 3.63) is 71.4 Å². The molecule has 3 aromatic rings. The topological polar surface area (TPSA) is 51.2 Å². The second-order valence-electron chi connectivity index (χ2n) is 5.79. The molecule has 24 heavy (non-hydrogen) atoms. The molecule has 1 N–H and O–H groups in total. The number of ether oxygens (including phenoxy) is 1. The lowest BCUT2D eigenvalue weighted by Gasteiger charge is -2.15. The molecular weight excluding hydrogens is 300 g/mol. The van der Waals surface area contributed by atoms with Crippen LogP contribution in [0.4, 0.5) is 0 Å². The van der Waals surface area contributed by atoms with Gasteiger partial charge in [0.25, 0.3) is 5.91 Å². The first-order valence-electron chi connectivity index (χ1n) is 7.89. The third-order valence-electron chi connectivity index (χ3n) is 4.10. The van der Waals surface area contributed by atoms with Crippen LogP contribution in [0.15, 0.2) is 54.6 Å². The Labute approximate surface area is 141 Å². The first kappa shape index (κ1) is 16.0. The lowest BCUT2D eigenvalue weighted by atomic mass is 10.1. The molecule has 4 heteroatoms. The number of hydrogen-bond donors (Lipinski definition) is 1. The van der Waals surface area contributed by atoms with Crippen LogP contribution in [-0.4, -0.2) is 18.0 Å². The van der Waals surface area contributed by atoms with Gasteiger partial charge in [-0.1, -0.05) is 30.3 Å². The van der Waals surface area contributed by atoms with E-state index in [9.17, 15) is 4.79 Å². The van der Waals surface area contributed by atoms with E-state index in [-0.39, 0.29) is 11.9 Å². The standard InChI is InChI=1S/C20H20N2O2/c1-13(15-7-5-4-6-8-15)22-20(23)18-12-16-11-17(24-3)9-10-19(16)21-14(18)2/h4-13H,1-3H3,(H,22,23)/t13-/m0/s1. The number of amides is 1. The van der Waals surface area contributed by atoms with Crippen LogP contribution in [0.5, 0.6) is 5.75 Å². The number of fused-ring (bicyclic) bond motifs is 1. The second kappa shape index (κ2) is 6.71. The maximum Gasteiger partial charge on any atom is 0.253 e. The molecule has 1 aromatic heterocycles. The summed E-state index contributed by atoms with van der Waals surface area (Å²) in [5, 5.41) is 3.92. The van der Waals surface area contributed by atoms with E-state index < -0.39 is 0 Å². The SMILES string of the molecule is COc1ccc2nc(C)c(C(=O)N[C@@H](C)c3ccccc3)cc2c1. The maximum atomic E-state index is 12.7. The summed E-state index contributed by atoms with van der Waals surface area (Å²) < 4.78 is 5.25. The maximum absolute atomic E-state index is 12.7. The van der Waals surface area contributed by atoms with E-state index >= 15 is 0 Å². The summed E-state index contributed by atoms with van der Waals surface area (Å²) in [6.45, 7) is 3.83. The summed E-state index contributed by atoms with van der Waals surface area (Å²) in [6.07, 6.45) is 0. The van der Waals surface area contributed by atoms with E-state index in [1.165, 1.54) is 0 Å². The van der Waals surface area contributed by atoms with Gasteiger partial charge in [-0.2, -0.15) is 0 Å². The van der Waals surface area contributed by atoms with Crippen LogP contribution in [0.25, 0.3) is 10.9 Å². The minimum atomic E-state index is -0.124. The Morgan fingerprint density at radius 3 is 2.58 bits per heavy atom. The van der Waals surface area contributed by atoms with Crippen molar-refractivity contribution in [3.63, 3.8) is 0 Å². The summed E-state index contributed by atoms with van der Waals surface area (Å²) >= 11 is 0. The number of pyridine rings is 1. The molecule has 0 fully saturated rings. The lowest BCUT2D eigenvalue weighted by molar-refractivity contribution is 0.0939. The van der Waals surface area contributed by atoms with Crippen molar-refractivity contribution in [1.29, 1.82) is 0 Å². The van der Waals surface area contributed by atoms with Gasteiger partial charge in [0.05, 0.1) is 29.9 Å². The van der Waals surface area contributed by atoms with Crippen LogP contribution in [-0.2, 0) is 0 Å². The highest BCUT2D eigenvalue weighted by Crippen LogP contribution is 2.22. The number of hydrogen-bond acceptors (Lipinski definition) is 3. The third kappa shape index (κ3) is 3.23. The molecule has 0 radical (unpaired) electrons. The van der Waals surface area contributed by atoms with Gasteiger partial charge in [0, 0.05) is 5.39 Å². The smallest absolute Gasteiger partial charge is 0.253 e. The number of methoxy groups -OCH3 is 1. The molecule has 0 aliphatic rings. The molecular formula is C20H20N2O2. The van der Waals surface area contributed by atoms with Gasteiger partial charge in [0.15, 0.2) is 0 Å². The van der Waals surface area contributed by atoms with Crippen molar-refractivity contribution in [2.45, 2.75) is 19.9 Å². The number of carbonyl (C=O) groups is 1.